The van der Waals surface area contributed by atoms with Gasteiger partial charge in [-0.2, -0.15) is 0 Å². The Morgan fingerprint density at radius 3 is 2.85 bits per heavy atom. The lowest BCUT2D eigenvalue weighted by molar-refractivity contribution is 0.240. The Bertz CT molecular complexity index is 570. The third-order valence-electron chi connectivity index (χ3n) is 2.56. The van der Waals surface area contributed by atoms with E-state index in [1.807, 2.05) is 29.7 Å². The summed E-state index contributed by atoms with van der Waals surface area (Å²) in [5.41, 5.74) is 3.38. The summed E-state index contributed by atoms with van der Waals surface area (Å²) in [6.07, 6.45) is 2.71. The molecule has 6 heteroatoms. The van der Waals surface area contributed by atoms with Crippen molar-refractivity contribution < 1.29 is 14.7 Å². The Balaban J connectivity index is 1.98. The highest BCUT2D eigenvalue weighted by Gasteiger charge is 2.03. The first-order chi connectivity index (χ1) is 9.83. The molecule has 0 aliphatic carbocycles. The standard InChI is InChI=1S/C14H15N3O3/c1-19-13-5-3-2-4-11(13)9-20-14-7-6-12(8-15-14)16-10-17-18/h2-8,10,18H,9H2,1H3,(H,16,17). The van der Waals surface area contributed by atoms with Gasteiger partial charge in [-0.25, -0.2) is 9.98 Å². The monoisotopic (exact) mass is 273 g/mol. The Kier molecular flexibility index (Phi) is 4.91. The maximum Gasteiger partial charge on any atom is 0.213 e. The average molecular weight is 273 g/mol. The number of nitrogens with one attached hydrogen (secondary N) is 1. The van der Waals surface area contributed by atoms with E-state index in [-0.39, 0.29) is 0 Å². The number of hydroxylamine groups is 1. The third-order valence-corrected chi connectivity index (χ3v) is 2.56. The fourth-order valence-electron chi connectivity index (χ4n) is 1.61. The minimum Gasteiger partial charge on any atom is -0.496 e. The summed E-state index contributed by atoms with van der Waals surface area (Å²) in [4.78, 5) is 8.00. The summed E-state index contributed by atoms with van der Waals surface area (Å²) in [7, 11) is 1.62. The van der Waals surface area contributed by atoms with Crippen LogP contribution in [0.5, 0.6) is 11.6 Å². The molecule has 0 saturated carbocycles. The average Bonchev–Trinajstić information content (AvgIpc) is 2.52. The van der Waals surface area contributed by atoms with Gasteiger partial charge in [-0.1, -0.05) is 18.2 Å². The second-order valence-corrected chi connectivity index (χ2v) is 3.84. The predicted octanol–water partition coefficient (Wildman–Crippen LogP) is 2.31. The van der Waals surface area contributed by atoms with Gasteiger partial charge in [0.15, 0.2) is 0 Å². The summed E-state index contributed by atoms with van der Waals surface area (Å²) in [6, 6.07) is 11.1. The van der Waals surface area contributed by atoms with E-state index >= 15 is 0 Å². The number of para-hydroxylation sites is 1. The summed E-state index contributed by atoms with van der Waals surface area (Å²) in [6.45, 7) is 0.373. The van der Waals surface area contributed by atoms with Crippen LogP contribution in [0.1, 0.15) is 5.56 Å². The van der Waals surface area contributed by atoms with Crippen LogP contribution in [0.3, 0.4) is 0 Å². The molecule has 0 unspecified atom stereocenters. The van der Waals surface area contributed by atoms with Crippen molar-refractivity contribution in [1.29, 1.82) is 0 Å². The number of hydrogen-bond acceptors (Lipinski definition) is 5. The Hall–Kier alpha value is -2.60. The first kappa shape index (κ1) is 13.8. The molecule has 0 amide bonds. The molecule has 1 heterocycles. The summed E-state index contributed by atoms with van der Waals surface area (Å²) in [5, 5.41) is 8.39. The number of pyridine rings is 1. The molecule has 104 valence electrons. The normalized spacial score (nSPS) is 10.5. The maximum absolute atomic E-state index is 8.39. The highest BCUT2D eigenvalue weighted by Crippen LogP contribution is 2.20. The van der Waals surface area contributed by atoms with Gasteiger partial charge < -0.3 is 9.47 Å². The van der Waals surface area contributed by atoms with Crippen molar-refractivity contribution in [3.63, 3.8) is 0 Å². The smallest absolute Gasteiger partial charge is 0.213 e. The van der Waals surface area contributed by atoms with Gasteiger partial charge in [0, 0.05) is 11.6 Å². The van der Waals surface area contributed by atoms with Crippen LogP contribution in [0.15, 0.2) is 47.6 Å². The van der Waals surface area contributed by atoms with Crippen LogP contribution < -0.4 is 15.0 Å². The van der Waals surface area contributed by atoms with Gasteiger partial charge in [0.2, 0.25) is 5.88 Å². The fraction of sp³-hybridized carbons (Fsp3) is 0.143. The molecule has 6 nitrogen and oxygen atoms in total. The van der Waals surface area contributed by atoms with E-state index in [0.29, 0.717) is 18.2 Å². The van der Waals surface area contributed by atoms with Crippen molar-refractivity contribution in [3.8, 4) is 11.6 Å². The molecule has 2 aromatic rings. The zero-order valence-electron chi connectivity index (χ0n) is 11.0. The Morgan fingerprint density at radius 1 is 1.30 bits per heavy atom. The molecule has 2 rings (SSSR count). The molecule has 0 aliphatic rings. The van der Waals surface area contributed by atoms with Crippen LogP contribution in [0.25, 0.3) is 0 Å². The molecule has 20 heavy (non-hydrogen) atoms. The molecular formula is C14H15N3O3. The second kappa shape index (κ2) is 7.10. The molecule has 0 radical (unpaired) electrons. The van der Waals surface area contributed by atoms with Gasteiger partial charge in [-0.3, -0.25) is 10.7 Å². The molecule has 0 bridgehead atoms. The van der Waals surface area contributed by atoms with E-state index in [2.05, 4.69) is 9.98 Å². The molecule has 1 aromatic heterocycles. The van der Waals surface area contributed by atoms with Crippen LogP contribution in [0.2, 0.25) is 0 Å². The highest BCUT2D eigenvalue weighted by molar-refractivity contribution is 5.59. The Morgan fingerprint density at radius 2 is 2.15 bits per heavy atom. The molecule has 0 fully saturated rings. The number of aliphatic imine (C=N–C) groups is 1. The van der Waals surface area contributed by atoms with Crippen LogP contribution in [0, 0.1) is 0 Å². The SMILES string of the molecule is COc1ccccc1COc1ccc(N=CNO)cn1. The van der Waals surface area contributed by atoms with Crippen molar-refractivity contribution >= 4 is 12.0 Å². The fourth-order valence-corrected chi connectivity index (χ4v) is 1.61. The number of nitrogens with zero attached hydrogens (tertiary/aromatic N) is 2. The maximum atomic E-state index is 8.39. The first-order valence-corrected chi connectivity index (χ1v) is 5.96. The number of methoxy groups -OCH3 is 1. The molecular weight excluding hydrogens is 258 g/mol. The van der Waals surface area contributed by atoms with Crippen LogP contribution >= 0.6 is 0 Å². The van der Waals surface area contributed by atoms with E-state index in [1.165, 1.54) is 0 Å². The Labute approximate surface area is 116 Å². The van der Waals surface area contributed by atoms with Crippen LogP contribution in [-0.2, 0) is 6.61 Å². The number of hydrogen-bond donors (Lipinski definition) is 2. The molecule has 0 aliphatic heterocycles. The molecule has 2 N–H and O–H groups in total. The quantitative estimate of drug-likeness (QED) is 0.480. The van der Waals surface area contributed by atoms with Gasteiger partial charge in [0.25, 0.3) is 0 Å². The molecule has 0 atom stereocenters. The predicted molar refractivity (Wildman–Crippen MR) is 74.6 cm³/mol. The number of aromatic nitrogens is 1. The van der Waals surface area contributed by atoms with E-state index in [1.54, 1.807) is 25.4 Å². The van der Waals surface area contributed by atoms with Crippen molar-refractivity contribution in [3.05, 3.63) is 48.2 Å². The van der Waals surface area contributed by atoms with Crippen molar-refractivity contribution in [2.24, 2.45) is 4.99 Å². The summed E-state index contributed by atoms with van der Waals surface area (Å²) in [5.74, 6) is 1.27. The van der Waals surface area contributed by atoms with Gasteiger partial charge >= 0.3 is 0 Å². The third kappa shape index (κ3) is 3.69. The van der Waals surface area contributed by atoms with Crippen molar-refractivity contribution in [2.75, 3.05) is 7.11 Å². The van der Waals surface area contributed by atoms with E-state index < -0.39 is 0 Å². The minimum atomic E-state index is 0.373. The molecule has 0 saturated heterocycles. The lowest BCUT2D eigenvalue weighted by atomic mass is 10.2. The highest BCUT2D eigenvalue weighted by atomic mass is 16.5. The van der Waals surface area contributed by atoms with Crippen molar-refractivity contribution in [2.45, 2.75) is 6.61 Å². The van der Waals surface area contributed by atoms with E-state index in [4.69, 9.17) is 14.7 Å². The topological polar surface area (TPSA) is 76.0 Å². The van der Waals surface area contributed by atoms with Crippen molar-refractivity contribution in [1.82, 2.24) is 10.5 Å². The van der Waals surface area contributed by atoms with Crippen LogP contribution in [0.4, 0.5) is 5.69 Å². The molecule has 0 spiro atoms. The van der Waals surface area contributed by atoms with Gasteiger partial charge in [-0.05, 0) is 12.1 Å². The van der Waals surface area contributed by atoms with Gasteiger partial charge in [-0.15, -0.1) is 0 Å². The lowest BCUT2D eigenvalue weighted by Crippen LogP contribution is -2.01. The minimum absolute atomic E-state index is 0.373. The zero-order chi connectivity index (χ0) is 14.2. The van der Waals surface area contributed by atoms with Gasteiger partial charge in [0.1, 0.15) is 18.7 Å². The number of rotatable bonds is 6. The van der Waals surface area contributed by atoms with E-state index in [0.717, 1.165) is 17.7 Å². The first-order valence-electron chi connectivity index (χ1n) is 5.96. The van der Waals surface area contributed by atoms with E-state index in [9.17, 15) is 0 Å². The second-order valence-electron chi connectivity index (χ2n) is 3.84. The molecule has 1 aromatic carbocycles. The lowest BCUT2D eigenvalue weighted by Gasteiger charge is -2.09. The largest absolute Gasteiger partial charge is 0.496 e. The van der Waals surface area contributed by atoms with Gasteiger partial charge in [0.05, 0.1) is 19.0 Å². The summed E-state index contributed by atoms with van der Waals surface area (Å²) >= 11 is 0. The summed E-state index contributed by atoms with van der Waals surface area (Å²) < 4.78 is 10.8. The van der Waals surface area contributed by atoms with Crippen LogP contribution in [-0.4, -0.2) is 23.6 Å². The zero-order valence-corrected chi connectivity index (χ0v) is 11.0. The number of benzene rings is 1. The number of ether oxygens (including phenoxy) is 2.